The smallest absolute Gasteiger partial charge is 0.181 e. The fourth-order valence-electron chi connectivity index (χ4n) is 1.05. The highest BCUT2D eigenvalue weighted by molar-refractivity contribution is 9.10. The van der Waals surface area contributed by atoms with Crippen molar-refractivity contribution in [2.45, 2.75) is 27.1 Å². The fourth-order valence-corrected chi connectivity index (χ4v) is 1.32. The molecule has 1 aromatic carbocycles. The Morgan fingerprint density at radius 1 is 1.27 bits per heavy atom. The lowest BCUT2D eigenvalue weighted by molar-refractivity contribution is -0.122. The van der Waals surface area contributed by atoms with Gasteiger partial charge < -0.3 is 9.84 Å². The quantitative estimate of drug-likeness (QED) is 0.854. The van der Waals surface area contributed by atoms with Crippen LogP contribution in [0.3, 0.4) is 0 Å². The minimum Gasteiger partial charge on any atom is -0.364 e. The van der Waals surface area contributed by atoms with E-state index in [-0.39, 0.29) is 5.41 Å². The van der Waals surface area contributed by atoms with E-state index >= 15 is 0 Å². The van der Waals surface area contributed by atoms with Gasteiger partial charge in [-0.3, -0.25) is 0 Å². The summed E-state index contributed by atoms with van der Waals surface area (Å²) in [6, 6.07) is 7.47. The fraction of sp³-hybridized carbons (Fsp3) is 0.500. The zero-order valence-electron chi connectivity index (χ0n) is 9.33. The van der Waals surface area contributed by atoms with Crippen LogP contribution in [0.4, 0.5) is 0 Å². The highest BCUT2D eigenvalue weighted by atomic mass is 79.9. The van der Waals surface area contributed by atoms with Crippen molar-refractivity contribution in [3.8, 4) is 0 Å². The third-order valence-electron chi connectivity index (χ3n) is 1.83. The van der Waals surface area contributed by atoms with Crippen molar-refractivity contribution in [1.29, 1.82) is 0 Å². The summed E-state index contributed by atoms with van der Waals surface area (Å²) in [5, 5.41) is 9.74. The van der Waals surface area contributed by atoms with E-state index in [1.165, 1.54) is 0 Å². The normalized spacial score (nSPS) is 13.9. The Kier molecular flexibility index (Phi) is 4.32. The van der Waals surface area contributed by atoms with E-state index in [1.807, 2.05) is 24.3 Å². The largest absolute Gasteiger partial charge is 0.364 e. The molecule has 0 amide bonds. The number of hydrogen-bond donors (Lipinski definition) is 1. The van der Waals surface area contributed by atoms with Crippen LogP contribution >= 0.6 is 15.9 Å². The lowest BCUT2D eigenvalue weighted by Crippen LogP contribution is -2.17. The van der Waals surface area contributed by atoms with Crippen LogP contribution in [0.15, 0.2) is 28.7 Å². The van der Waals surface area contributed by atoms with Gasteiger partial charge in [-0.15, -0.1) is 0 Å². The molecule has 0 aliphatic carbocycles. The second-order valence-electron chi connectivity index (χ2n) is 4.78. The zero-order chi connectivity index (χ0) is 11.5. The van der Waals surface area contributed by atoms with Crippen LogP contribution < -0.4 is 0 Å². The molecule has 1 atom stereocenters. The Balaban J connectivity index is 2.54. The summed E-state index contributed by atoms with van der Waals surface area (Å²) < 4.78 is 6.37. The maximum absolute atomic E-state index is 9.74. The van der Waals surface area contributed by atoms with E-state index in [1.54, 1.807) is 0 Å². The van der Waals surface area contributed by atoms with E-state index in [0.717, 1.165) is 10.0 Å². The van der Waals surface area contributed by atoms with Crippen molar-refractivity contribution in [2.75, 3.05) is 6.61 Å². The van der Waals surface area contributed by atoms with E-state index in [4.69, 9.17) is 4.74 Å². The molecule has 2 nitrogen and oxygen atoms in total. The average molecular weight is 273 g/mol. The van der Waals surface area contributed by atoms with Crippen LogP contribution in [0.1, 0.15) is 32.6 Å². The molecule has 1 N–H and O–H groups in total. The number of aliphatic hydroxyl groups excluding tert-OH is 1. The van der Waals surface area contributed by atoms with E-state index in [9.17, 15) is 5.11 Å². The molecule has 0 aromatic heterocycles. The highest BCUT2D eigenvalue weighted by Gasteiger charge is 2.14. The Morgan fingerprint density at radius 3 is 2.27 bits per heavy atom. The lowest BCUT2D eigenvalue weighted by Gasteiger charge is -2.21. The van der Waals surface area contributed by atoms with E-state index in [2.05, 4.69) is 36.7 Å². The molecule has 1 unspecified atom stereocenters. The van der Waals surface area contributed by atoms with Gasteiger partial charge in [0.2, 0.25) is 0 Å². The van der Waals surface area contributed by atoms with Crippen molar-refractivity contribution >= 4 is 15.9 Å². The van der Waals surface area contributed by atoms with Gasteiger partial charge in [0.25, 0.3) is 0 Å². The molecule has 0 heterocycles. The van der Waals surface area contributed by atoms with Gasteiger partial charge >= 0.3 is 0 Å². The molecule has 15 heavy (non-hydrogen) atoms. The summed E-state index contributed by atoms with van der Waals surface area (Å²) >= 11 is 3.34. The third kappa shape index (κ3) is 4.78. The maximum Gasteiger partial charge on any atom is 0.181 e. The van der Waals surface area contributed by atoms with Crippen LogP contribution in [-0.2, 0) is 4.74 Å². The molecule has 0 fully saturated rings. The number of ether oxygens (including phenoxy) is 1. The highest BCUT2D eigenvalue weighted by Crippen LogP contribution is 2.21. The second kappa shape index (κ2) is 5.10. The van der Waals surface area contributed by atoms with Crippen LogP contribution in [0, 0.1) is 5.41 Å². The van der Waals surface area contributed by atoms with Gasteiger partial charge in [-0.1, -0.05) is 48.8 Å². The van der Waals surface area contributed by atoms with Gasteiger partial charge in [-0.05, 0) is 17.5 Å². The van der Waals surface area contributed by atoms with Crippen molar-refractivity contribution in [3.63, 3.8) is 0 Å². The van der Waals surface area contributed by atoms with Gasteiger partial charge in [0.1, 0.15) is 0 Å². The summed E-state index contributed by atoms with van der Waals surface area (Å²) in [6.45, 7) is 6.74. The van der Waals surface area contributed by atoms with Gasteiger partial charge in [0, 0.05) is 10.0 Å². The molecule has 0 spiro atoms. The van der Waals surface area contributed by atoms with Crippen LogP contribution in [0.25, 0.3) is 0 Å². The van der Waals surface area contributed by atoms with Crippen molar-refractivity contribution in [3.05, 3.63) is 34.3 Å². The molecular formula is C12H17BrO2. The van der Waals surface area contributed by atoms with Crippen LogP contribution in [-0.4, -0.2) is 11.7 Å². The van der Waals surface area contributed by atoms with Gasteiger partial charge in [0.05, 0.1) is 6.61 Å². The molecule has 0 saturated heterocycles. The molecule has 0 bridgehead atoms. The van der Waals surface area contributed by atoms with Gasteiger partial charge in [-0.2, -0.15) is 0 Å². The van der Waals surface area contributed by atoms with Crippen LogP contribution in [0.5, 0.6) is 0 Å². The number of aliphatic hydroxyl groups is 1. The first kappa shape index (κ1) is 12.7. The second-order valence-corrected chi connectivity index (χ2v) is 5.69. The first-order chi connectivity index (χ1) is 6.88. The Hall–Kier alpha value is -0.380. The predicted octanol–water partition coefficient (Wildman–Crippen LogP) is 3.50. The molecule has 1 rings (SSSR count). The third-order valence-corrected chi connectivity index (χ3v) is 2.36. The molecule has 0 aliphatic heterocycles. The summed E-state index contributed by atoms with van der Waals surface area (Å²) in [4.78, 5) is 0. The summed E-state index contributed by atoms with van der Waals surface area (Å²) in [7, 11) is 0. The Bertz CT molecular complexity index is 300. The molecule has 0 aliphatic rings. The molecule has 1 aromatic rings. The summed E-state index contributed by atoms with van der Waals surface area (Å²) in [6.07, 6.45) is -0.836. The predicted molar refractivity (Wildman–Crippen MR) is 64.5 cm³/mol. The van der Waals surface area contributed by atoms with Crippen molar-refractivity contribution in [1.82, 2.24) is 0 Å². The lowest BCUT2D eigenvalue weighted by atomic mass is 9.99. The van der Waals surface area contributed by atoms with E-state index < -0.39 is 6.29 Å². The number of rotatable bonds is 3. The summed E-state index contributed by atoms with van der Waals surface area (Å²) in [5.41, 5.74) is 0.846. The molecule has 0 saturated carbocycles. The Morgan fingerprint density at radius 2 is 1.80 bits per heavy atom. The monoisotopic (exact) mass is 272 g/mol. The molecule has 3 heteroatoms. The first-order valence-corrected chi connectivity index (χ1v) is 5.73. The molecule has 84 valence electrons. The minimum atomic E-state index is -0.836. The zero-order valence-corrected chi connectivity index (χ0v) is 10.9. The van der Waals surface area contributed by atoms with Crippen molar-refractivity contribution < 1.29 is 9.84 Å². The standard InChI is InChI=1S/C12H17BrO2/c1-12(2,3)8-15-11(14)9-4-6-10(13)7-5-9/h4-7,11,14H,8H2,1-3H3. The summed E-state index contributed by atoms with van der Waals surface area (Å²) in [5.74, 6) is 0. The van der Waals surface area contributed by atoms with Gasteiger partial charge in [0.15, 0.2) is 6.29 Å². The Labute approximate surface area is 99.4 Å². The number of halogens is 1. The average Bonchev–Trinajstić information content (AvgIpc) is 2.14. The van der Waals surface area contributed by atoms with E-state index in [0.29, 0.717) is 6.61 Å². The molecule has 0 radical (unpaired) electrons. The number of hydrogen-bond acceptors (Lipinski definition) is 2. The number of benzene rings is 1. The van der Waals surface area contributed by atoms with Gasteiger partial charge in [-0.25, -0.2) is 0 Å². The maximum atomic E-state index is 9.74. The van der Waals surface area contributed by atoms with Crippen LogP contribution in [0.2, 0.25) is 0 Å². The van der Waals surface area contributed by atoms with Crippen molar-refractivity contribution in [2.24, 2.45) is 5.41 Å². The topological polar surface area (TPSA) is 29.5 Å². The SMILES string of the molecule is CC(C)(C)COC(O)c1ccc(Br)cc1. The first-order valence-electron chi connectivity index (χ1n) is 4.94. The minimum absolute atomic E-state index is 0.0658. The molecular weight excluding hydrogens is 256 g/mol.